The number of benzene rings is 1. The molecular formula is C24H22N4O2S. The highest BCUT2D eigenvalue weighted by molar-refractivity contribution is 7.15. The van der Waals surface area contributed by atoms with Gasteiger partial charge in [0.25, 0.3) is 5.56 Å². The van der Waals surface area contributed by atoms with Crippen molar-refractivity contribution in [3.8, 4) is 27.6 Å². The molecule has 1 aliphatic heterocycles. The molecule has 3 aromatic heterocycles. The Labute approximate surface area is 184 Å². The van der Waals surface area contributed by atoms with E-state index in [9.17, 15) is 4.79 Å². The van der Waals surface area contributed by atoms with Gasteiger partial charge in [-0.2, -0.15) is 0 Å². The van der Waals surface area contributed by atoms with Crippen LogP contribution in [0.25, 0.3) is 21.8 Å². The van der Waals surface area contributed by atoms with Crippen molar-refractivity contribution in [2.24, 2.45) is 0 Å². The van der Waals surface area contributed by atoms with Crippen molar-refractivity contribution in [1.82, 2.24) is 19.9 Å². The summed E-state index contributed by atoms with van der Waals surface area (Å²) in [5.74, 6) is 1.47. The fraction of sp³-hybridized carbons (Fsp3) is 0.208. The number of methoxy groups -OCH3 is 1. The number of nitrogens with one attached hydrogen (secondary N) is 1. The zero-order valence-corrected chi connectivity index (χ0v) is 18.0. The summed E-state index contributed by atoms with van der Waals surface area (Å²) in [4.78, 5) is 29.3. The lowest BCUT2D eigenvalue weighted by Crippen LogP contribution is -2.35. The molecule has 0 amide bonds. The quantitative estimate of drug-likeness (QED) is 0.516. The van der Waals surface area contributed by atoms with Gasteiger partial charge in [-0.3, -0.25) is 14.7 Å². The second-order valence-corrected chi connectivity index (χ2v) is 8.70. The van der Waals surface area contributed by atoms with Crippen molar-refractivity contribution < 1.29 is 4.74 Å². The van der Waals surface area contributed by atoms with Crippen LogP contribution in [0.4, 0.5) is 0 Å². The molecule has 1 aromatic carbocycles. The molecular weight excluding hydrogens is 408 g/mol. The number of aromatic nitrogens is 3. The van der Waals surface area contributed by atoms with E-state index in [-0.39, 0.29) is 5.56 Å². The average Bonchev–Trinajstić information content (AvgIpc) is 3.28. The van der Waals surface area contributed by atoms with Crippen LogP contribution in [0.3, 0.4) is 0 Å². The van der Waals surface area contributed by atoms with Crippen LogP contribution < -0.4 is 10.3 Å². The monoisotopic (exact) mass is 430 g/mol. The molecule has 156 valence electrons. The van der Waals surface area contributed by atoms with Gasteiger partial charge < -0.3 is 9.72 Å². The van der Waals surface area contributed by atoms with E-state index in [4.69, 9.17) is 9.72 Å². The normalized spacial score (nSPS) is 13.7. The van der Waals surface area contributed by atoms with Crippen molar-refractivity contribution in [2.75, 3.05) is 13.7 Å². The van der Waals surface area contributed by atoms with Gasteiger partial charge >= 0.3 is 0 Å². The number of aromatic amines is 1. The van der Waals surface area contributed by atoms with Gasteiger partial charge in [-0.15, -0.1) is 11.3 Å². The van der Waals surface area contributed by atoms with Gasteiger partial charge in [0, 0.05) is 53.8 Å². The second kappa shape index (κ2) is 8.45. The highest BCUT2D eigenvalue weighted by atomic mass is 32.1. The Kier molecular flexibility index (Phi) is 5.36. The van der Waals surface area contributed by atoms with Crippen molar-refractivity contribution in [3.63, 3.8) is 0 Å². The smallest absolute Gasteiger partial charge is 0.255 e. The molecule has 0 radical (unpaired) electrons. The number of hydrogen-bond acceptors (Lipinski definition) is 6. The minimum absolute atomic E-state index is 0.0511. The Balaban J connectivity index is 1.33. The molecule has 4 heterocycles. The molecule has 7 heteroatoms. The lowest BCUT2D eigenvalue weighted by molar-refractivity contribution is 0.244. The molecule has 1 aliphatic rings. The first kappa shape index (κ1) is 19.7. The van der Waals surface area contributed by atoms with Crippen molar-refractivity contribution in [1.29, 1.82) is 0 Å². The maximum atomic E-state index is 12.8. The number of fused-ring (bicyclic) bond motifs is 1. The van der Waals surface area contributed by atoms with E-state index < -0.39 is 0 Å². The SMILES string of the molecule is COc1cccc(-c2ccc(CN3CCc4nc(-c5ccncc5)[nH]c(=O)c4C3)s2)c1. The molecule has 6 nitrogen and oxygen atoms in total. The number of pyridine rings is 1. The second-order valence-electron chi connectivity index (χ2n) is 7.53. The molecule has 0 aliphatic carbocycles. The molecule has 0 fully saturated rings. The molecule has 0 bridgehead atoms. The summed E-state index contributed by atoms with van der Waals surface area (Å²) >= 11 is 1.78. The van der Waals surface area contributed by atoms with Gasteiger partial charge in [0.2, 0.25) is 0 Å². The third kappa shape index (κ3) is 4.15. The van der Waals surface area contributed by atoms with Gasteiger partial charge in [0.1, 0.15) is 11.6 Å². The van der Waals surface area contributed by atoms with Crippen molar-refractivity contribution in [2.45, 2.75) is 19.5 Å². The lowest BCUT2D eigenvalue weighted by atomic mass is 10.1. The summed E-state index contributed by atoms with van der Waals surface area (Å²) in [5.41, 5.74) is 3.65. The van der Waals surface area contributed by atoms with E-state index in [1.807, 2.05) is 24.3 Å². The van der Waals surface area contributed by atoms with Crippen molar-refractivity contribution >= 4 is 11.3 Å². The first-order chi connectivity index (χ1) is 15.2. The Morgan fingerprint density at radius 2 is 2.00 bits per heavy atom. The Hall–Kier alpha value is -3.29. The molecule has 31 heavy (non-hydrogen) atoms. The third-order valence-corrected chi connectivity index (χ3v) is 6.62. The van der Waals surface area contributed by atoms with Gasteiger partial charge in [0.05, 0.1) is 18.4 Å². The van der Waals surface area contributed by atoms with Crippen LogP contribution in [0.5, 0.6) is 5.75 Å². The maximum absolute atomic E-state index is 12.8. The molecule has 0 atom stereocenters. The number of thiophene rings is 1. The van der Waals surface area contributed by atoms with E-state index in [0.29, 0.717) is 12.4 Å². The number of H-pyrrole nitrogens is 1. The Morgan fingerprint density at radius 1 is 1.13 bits per heavy atom. The Morgan fingerprint density at radius 3 is 2.84 bits per heavy atom. The van der Waals surface area contributed by atoms with Gasteiger partial charge in [0.15, 0.2) is 0 Å². The van der Waals surface area contributed by atoms with Gasteiger partial charge in [-0.25, -0.2) is 4.98 Å². The zero-order chi connectivity index (χ0) is 21.2. The van der Waals surface area contributed by atoms with E-state index in [1.165, 1.54) is 9.75 Å². The number of hydrogen-bond donors (Lipinski definition) is 1. The molecule has 4 aromatic rings. The van der Waals surface area contributed by atoms with Gasteiger partial charge in [-0.1, -0.05) is 12.1 Å². The molecule has 0 saturated carbocycles. The van der Waals surface area contributed by atoms with E-state index in [0.717, 1.165) is 47.6 Å². The highest BCUT2D eigenvalue weighted by Gasteiger charge is 2.22. The van der Waals surface area contributed by atoms with E-state index in [1.54, 1.807) is 30.8 Å². The van der Waals surface area contributed by atoms with E-state index >= 15 is 0 Å². The van der Waals surface area contributed by atoms with Gasteiger partial charge in [-0.05, 0) is 42.0 Å². The summed E-state index contributed by atoms with van der Waals surface area (Å²) in [6.07, 6.45) is 4.18. The highest BCUT2D eigenvalue weighted by Crippen LogP contribution is 2.31. The van der Waals surface area contributed by atoms with Crippen LogP contribution in [0.15, 0.2) is 65.7 Å². The topological polar surface area (TPSA) is 71.1 Å². The average molecular weight is 431 g/mol. The summed E-state index contributed by atoms with van der Waals surface area (Å²) in [7, 11) is 1.68. The molecule has 5 rings (SSSR count). The van der Waals surface area contributed by atoms with Crippen LogP contribution in [0, 0.1) is 0 Å². The van der Waals surface area contributed by atoms with Crippen LogP contribution >= 0.6 is 11.3 Å². The van der Waals surface area contributed by atoms with Crippen LogP contribution in [0.2, 0.25) is 0 Å². The molecule has 0 saturated heterocycles. The van der Waals surface area contributed by atoms with E-state index in [2.05, 4.69) is 39.1 Å². The minimum Gasteiger partial charge on any atom is -0.497 e. The maximum Gasteiger partial charge on any atom is 0.255 e. The first-order valence-corrected chi connectivity index (χ1v) is 11.0. The summed E-state index contributed by atoms with van der Waals surface area (Å²) in [6, 6.07) is 16.2. The minimum atomic E-state index is -0.0511. The fourth-order valence-electron chi connectivity index (χ4n) is 3.88. The van der Waals surface area contributed by atoms with Crippen LogP contribution in [-0.4, -0.2) is 33.5 Å². The van der Waals surface area contributed by atoms with Crippen molar-refractivity contribution in [3.05, 3.63) is 87.4 Å². The molecule has 0 unspecified atom stereocenters. The number of rotatable bonds is 5. The summed E-state index contributed by atoms with van der Waals surface area (Å²) < 4.78 is 5.34. The Bertz CT molecular complexity index is 1270. The first-order valence-electron chi connectivity index (χ1n) is 10.2. The third-order valence-electron chi connectivity index (χ3n) is 5.50. The predicted molar refractivity (Wildman–Crippen MR) is 122 cm³/mol. The zero-order valence-electron chi connectivity index (χ0n) is 17.2. The largest absolute Gasteiger partial charge is 0.497 e. The van der Waals surface area contributed by atoms with Crippen LogP contribution in [-0.2, 0) is 19.5 Å². The predicted octanol–water partition coefficient (Wildman–Crippen LogP) is 4.13. The lowest BCUT2D eigenvalue weighted by Gasteiger charge is -2.27. The van der Waals surface area contributed by atoms with Crippen LogP contribution in [0.1, 0.15) is 16.1 Å². The molecule has 1 N–H and O–H groups in total. The summed E-state index contributed by atoms with van der Waals surface area (Å²) in [5, 5.41) is 0. The fourth-order valence-corrected chi connectivity index (χ4v) is 4.92. The number of nitrogens with zero attached hydrogens (tertiary/aromatic N) is 3. The molecule has 0 spiro atoms. The standard InChI is InChI=1S/C24H22N4O2S/c1-30-18-4-2-3-17(13-18)22-6-5-19(31-22)14-28-12-9-21-20(15-28)24(29)27-23(26-21)16-7-10-25-11-8-16/h2-8,10-11,13H,9,12,14-15H2,1H3,(H,26,27,29). The number of ether oxygens (including phenoxy) is 1. The summed E-state index contributed by atoms with van der Waals surface area (Å²) in [6.45, 7) is 2.31.